The van der Waals surface area contributed by atoms with E-state index >= 15 is 0 Å². The van der Waals surface area contributed by atoms with Crippen LogP contribution in [0.3, 0.4) is 0 Å². The normalized spacial score (nSPS) is 27.9. The highest BCUT2D eigenvalue weighted by atomic mass is 32.2. The van der Waals surface area contributed by atoms with Gasteiger partial charge in [-0.25, -0.2) is 8.42 Å². The lowest BCUT2D eigenvalue weighted by Crippen LogP contribution is -2.29. The molecule has 2 rings (SSSR count). The number of ether oxygens (including phenoxy) is 1. The summed E-state index contributed by atoms with van der Waals surface area (Å²) in [6.07, 6.45) is -1.64. The molecule has 1 fully saturated rings. The Morgan fingerprint density at radius 3 is 2.39 bits per heavy atom. The zero-order valence-electron chi connectivity index (χ0n) is 10.1. The van der Waals surface area contributed by atoms with E-state index in [4.69, 9.17) is 10.5 Å². The predicted octanol–water partition coefficient (Wildman–Crippen LogP) is 0.243. The van der Waals surface area contributed by atoms with Crippen molar-refractivity contribution < 1.29 is 18.3 Å². The molecule has 0 radical (unpaired) electrons. The number of sulfone groups is 1. The van der Waals surface area contributed by atoms with Gasteiger partial charge in [0.2, 0.25) is 0 Å². The van der Waals surface area contributed by atoms with Crippen molar-refractivity contribution in [3.05, 3.63) is 29.8 Å². The molecule has 2 unspecified atom stereocenters. The molecule has 0 saturated carbocycles. The molecule has 1 aromatic carbocycles. The Labute approximate surface area is 106 Å². The molecule has 0 aromatic heterocycles. The first kappa shape index (κ1) is 13.3. The van der Waals surface area contributed by atoms with Crippen LogP contribution in [0.4, 0.5) is 0 Å². The quantitative estimate of drug-likeness (QED) is 0.822. The van der Waals surface area contributed by atoms with E-state index in [1.54, 1.807) is 12.1 Å². The molecule has 18 heavy (non-hydrogen) atoms. The van der Waals surface area contributed by atoms with Gasteiger partial charge in [-0.1, -0.05) is 12.1 Å². The number of rotatable bonds is 3. The van der Waals surface area contributed by atoms with Crippen molar-refractivity contribution in [3.63, 3.8) is 0 Å². The fraction of sp³-hybridized carbons (Fsp3) is 0.500. The highest BCUT2D eigenvalue weighted by Crippen LogP contribution is 2.22. The predicted molar refractivity (Wildman–Crippen MR) is 68.1 cm³/mol. The van der Waals surface area contributed by atoms with Gasteiger partial charge in [-0.3, -0.25) is 0 Å². The average molecular weight is 271 g/mol. The minimum atomic E-state index is -3.18. The average Bonchev–Trinajstić information content (AvgIpc) is 2.52. The fourth-order valence-electron chi connectivity index (χ4n) is 1.93. The Kier molecular flexibility index (Phi) is 3.61. The Morgan fingerprint density at radius 1 is 1.33 bits per heavy atom. The highest BCUT2D eigenvalue weighted by Gasteiger charge is 2.38. The summed E-state index contributed by atoms with van der Waals surface area (Å²) in [5, 5.41) is 9.60. The highest BCUT2D eigenvalue weighted by molar-refractivity contribution is 7.91. The topological polar surface area (TPSA) is 89.6 Å². The Morgan fingerprint density at radius 2 is 1.94 bits per heavy atom. The van der Waals surface area contributed by atoms with Crippen LogP contribution in [0, 0.1) is 0 Å². The largest absolute Gasteiger partial charge is 0.487 e. The lowest BCUT2D eigenvalue weighted by atomic mass is 10.1. The first-order valence-electron chi connectivity index (χ1n) is 5.78. The summed E-state index contributed by atoms with van der Waals surface area (Å²) in [7, 11) is -3.18. The van der Waals surface area contributed by atoms with Gasteiger partial charge in [0.05, 0.1) is 11.5 Å². The first-order chi connectivity index (χ1) is 8.37. The molecule has 3 atom stereocenters. The molecule has 5 nitrogen and oxygen atoms in total. The summed E-state index contributed by atoms with van der Waals surface area (Å²) in [4.78, 5) is 0. The van der Waals surface area contributed by atoms with Crippen molar-refractivity contribution >= 4 is 9.84 Å². The third kappa shape index (κ3) is 3.01. The Bertz CT molecular complexity index is 509. The number of aliphatic hydroxyl groups is 1. The smallest absolute Gasteiger partial charge is 0.156 e. The van der Waals surface area contributed by atoms with Crippen molar-refractivity contribution in [1.82, 2.24) is 0 Å². The van der Waals surface area contributed by atoms with Crippen molar-refractivity contribution in [2.24, 2.45) is 5.73 Å². The number of hydrogen-bond donors (Lipinski definition) is 2. The minimum absolute atomic E-state index is 0.0588. The zero-order valence-corrected chi connectivity index (χ0v) is 10.9. The van der Waals surface area contributed by atoms with Gasteiger partial charge in [0.15, 0.2) is 9.84 Å². The van der Waals surface area contributed by atoms with Crippen molar-refractivity contribution in [3.8, 4) is 5.75 Å². The number of benzene rings is 1. The van der Waals surface area contributed by atoms with Crippen molar-refractivity contribution in [2.45, 2.75) is 25.2 Å². The van der Waals surface area contributed by atoms with E-state index in [0.717, 1.165) is 5.56 Å². The van der Waals surface area contributed by atoms with Gasteiger partial charge in [-0.2, -0.15) is 0 Å². The maximum atomic E-state index is 11.3. The molecule has 1 aliphatic rings. The molecule has 100 valence electrons. The second kappa shape index (κ2) is 4.87. The molecule has 0 aliphatic carbocycles. The summed E-state index contributed by atoms with van der Waals surface area (Å²) in [5.41, 5.74) is 6.70. The van der Waals surface area contributed by atoms with E-state index in [-0.39, 0.29) is 17.5 Å². The van der Waals surface area contributed by atoms with Gasteiger partial charge in [-0.15, -0.1) is 0 Å². The number of nitrogens with two attached hydrogens (primary N) is 1. The van der Waals surface area contributed by atoms with Crippen LogP contribution in [0.25, 0.3) is 0 Å². The summed E-state index contributed by atoms with van der Waals surface area (Å²) in [6.45, 7) is 1.88. The minimum Gasteiger partial charge on any atom is -0.487 e. The summed E-state index contributed by atoms with van der Waals surface area (Å²) < 4.78 is 28.1. The molecule has 1 saturated heterocycles. The van der Waals surface area contributed by atoms with E-state index in [2.05, 4.69) is 0 Å². The monoisotopic (exact) mass is 271 g/mol. The fourth-order valence-corrected chi connectivity index (χ4v) is 3.60. The van der Waals surface area contributed by atoms with Crippen LogP contribution >= 0.6 is 0 Å². The lowest BCUT2D eigenvalue weighted by Gasteiger charge is -2.16. The van der Waals surface area contributed by atoms with E-state index in [1.807, 2.05) is 19.1 Å². The number of aliphatic hydroxyl groups excluding tert-OH is 1. The maximum absolute atomic E-state index is 11.3. The molecule has 0 bridgehead atoms. The molecule has 1 heterocycles. The summed E-state index contributed by atoms with van der Waals surface area (Å²) >= 11 is 0. The van der Waals surface area contributed by atoms with Crippen molar-refractivity contribution in [1.29, 1.82) is 0 Å². The van der Waals surface area contributed by atoms with Gasteiger partial charge in [0.1, 0.15) is 18.0 Å². The number of hydrogen-bond acceptors (Lipinski definition) is 5. The Hall–Kier alpha value is -1.11. The first-order valence-corrected chi connectivity index (χ1v) is 7.60. The lowest BCUT2D eigenvalue weighted by molar-refractivity contribution is 0.0738. The van der Waals surface area contributed by atoms with E-state index in [1.165, 1.54) is 0 Å². The van der Waals surface area contributed by atoms with Crippen molar-refractivity contribution in [2.75, 3.05) is 11.5 Å². The van der Waals surface area contributed by atoms with Crippen LogP contribution in [-0.2, 0) is 9.84 Å². The van der Waals surface area contributed by atoms with Gasteiger partial charge >= 0.3 is 0 Å². The molecule has 6 heteroatoms. The second-order valence-corrected chi connectivity index (χ2v) is 6.81. The second-order valence-electron chi connectivity index (χ2n) is 4.66. The van der Waals surface area contributed by atoms with Crippen LogP contribution < -0.4 is 10.5 Å². The van der Waals surface area contributed by atoms with E-state index in [0.29, 0.717) is 5.75 Å². The summed E-state index contributed by atoms with van der Waals surface area (Å²) in [6, 6.07) is 7.06. The van der Waals surface area contributed by atoms with Crippen LogP contribution in [0.1, 0.15) is 18.5 Å². The van der Waals surface area contributed by atoms with Crippen LogP contribution in [0.2, 0.25) is 0 Å². The SMILES string of the molecule is C[C@H](N)c1ccc(OC2CS(=O)(=O)CC2O)cc1. The summed E-state index contributed by atoms with van der Waals surface area (Å²) in [5.74, 6) is 0.180. The third-order valence-corrected chi connectivity index (χ3v) is 4.65. The van der Waals surface area contributed by atoms with E-state index < -0.39 is 22.0 Å². The Balaban J connectivity index is 2.06. The van der Waals surface area contributed by atoms with Gasteiger partial charge in [-0.05, 0) is 24.6 Å². The van der Waals surface area contributed by atoms with Crippen LogP contribution in [-0.4, -0.2) is 37.2 Å². The molecule has 1 aromatic rings. The standard InChI is InChI=1S/C12H17NO4S/c1-8(13)9-2-4-10(5-3-9)17-12-7-18(15,16)6-11(12)14/h2-5,8,11-12,14H,6-7,13H2,1H3/t8-,11?,12?/m0/s1. The molecular weight excluding hydrogens is 254 g/mol. The van der Waals surface area contributed by atoms with Gasteiger partial charge < -0.3 is 15.6 Å². The molecule has 1 aliphatic heterocycles. The third-order valence-electron chi connectivity index (χ3n) is 2.97. The molecule has 0 spiro atoms. The molecule has 3 N–H and O–H groups in total. The van der Waals surface area contributed by atoms with Crippen LogP contribution in [0.5, 0.6) is 5.75 Å². The van der Waals surface area contributed by atoms with E-state index in [9.17, 15) is 13.5 Å². The van der Waals surface area contributed by atoms with Crippen LogP contribution in [0.15, 0.2) is 24.3 Å². The molecule has 0 amide bonds. The van der Waals surface area contributed by atoms with Gasteiger partial charge in [0, 0.05) is 6.04 Å². The maximum Gasteiger partial charge on any atom is 0.156 e. The molecular formula is C12H17NO4S. The van der Waals surface area contributed by atoms with Gasteiger partial charge in [0.25, 0.3) is 0 Å². The zero-order chi connectivity index (χ0) is 13.3.